The summed E-state index contributed by atoms with van der Waals surface area (Å²) in [6.07, 6.45) is 0. The Morgan fingerprint density at radius 2 is 0.404 bits per heavy atom. The van der Waals surface area contributed by atoms with E-state index < -0.39 is 0 Å². The molecule has 0 unspecified atom stereocenters. The fourth-order valence-corrected chi connectivity index (χ4v) is 19.2. The third-order valence-electron chi connectivity index (χ3n) is 19.7. The molecule has 4 aromatic heterocycles. The van der Waals surface area contributed by atoms with Crippen molar-refractivity contribution in [3.05, 3.63) is 388 Å². The Morgan fingerprint density at radius 1 is 0.144 bits per heavy atom. The lowest BCUT2D eigenvalue weighted by atomic mass is 10.0. The molecule has 0 bridgehead atoms. The van der Waals surface area contributed by atoms with Crippen LogP contribution < -0.4 is 19.6 Å². The van der Waals surface area contributed by atoms with Crippen LogP contribution in [0.2, 0.25) is 0 Å². The van der Waals surface area contributed by atoms with Gasteiger partial charge in [-0.05, 0) is 193 Å². The summed E-state index contributed by atoms with van der Waals surface area (Å²) in [5.74, 6) is 0. The minimum Gasteiger partial charge on any atom is -0.310 e. The SMILES string of the molecule is c1ccc(-c2ccc(N(c3ccc4c(c3)sc3ccc(N(c5ccccc5)c5ccccc5)cc34)c3ccc4sc5ccccc5c4c3)cc2)cc1.c1ccc(-c2ccccc2N(c2ccc3c(c2)sc2ccc(N(c4ccccc4)c4ccccc4)cc23)c2ccc3sc4ccccc4c3c2)cc1. The molecule has 0 N–H and O–H groups in total. The molecular formula is C96H64N4S4. The van der Waals surface area contributed by atoms with Gasteiger partial charge in [0.2, 0.25) is 0 Å². The van der Waals surface area contributed by atoms with E-state index in [9.17, 15) is 0 Å². The lowest BCUT2D eigenvalue weighted by molar-refractivity contribution is 1.29. The van der Waals surface area contributed by atoms with Gasteiger partial charge in [-0.1, -0.05) is 212 Å². The van der Waals surface area contributed by atoms with Crippen LogP contribution in [0.15, 0.2) is 388 Å². The molecule has 4 nitrogen and oxygen atoms in total. The van der Waals surface area contributed by atoms with E-state index >= 15 is 0 Å². The van der Waals surface area contributed by atoms with E-state index in [1.54, 1.807) is 0 Å². The highest BCUT2D eigenvalue weighted by Crippen LogP contribution is 2.50. The Labute approximate surface area is 619 Å². The molecular weight excluding hydrogens is 1340 g/mol. The second kappa shape index (κ2) is 27.2. The summed E-state index contributed by atoms with van der Waals surface area (Å²) in [6.45, 7) is 0. The van der Waals surface area contributed by atoms with Crippen LogP contribution in [0.5, 0.6) is 0 Å². The first kappa shape index (κ1) is 62.6. The number of thiophene rings is 4. The van der Waals surface area contributed by atoms with Crippen LogP contribution in [-0.2, 0) is 0 Å². The van der Waals surface area contributed by atoms with Gasteiger partial charge in [-0.2, -0.15) is 0 Å². The highest BCUT2D eigenvalue weighted by atomic mass is 32.1. The number of fused-ring (bicyclic) bond motifs is 12. The van der Waals surface area contributed by atoms with Crippen LogP contribution in [0.4, 0.5) is 68.2 Å². The molecule has 20 aromatic rings. The topological polar surface area (TPSA) is 13.0 Å². The molecule has 4 heterocycles. The zero-order valence-electron chi connectivity index (χ0n) is 56.4. The summed E-state index contributed by atoms with van der Waals surface area (Å²) >= 11 is 7.43. The minimum atomic E-state index is 1.13. The van der Waals surface area contributed by atoms with E-state index in [4.69, 9.17) is 0 Å². The number of rotatable bonds is 14. The predicted molar refractivity (Wildman–Crippen MR) is 454 cm³/mol. The third-order valence-corrected chi connectivity index (χ3v) is 24.2. The molecule has 0 saturated heterocycles. The van der Waals surface area contributed by atoms with Gasteiger partial charge in [0.1, 0.15) is 0 Å². The van der Waals surface area contributed by atoms with Gasteiger partial charge in [0.15, 0.2) is 0 Å². The predicted octanol–water partition coefficient (Wildman–Crippen LogP) is 30.1. The standard InChI is InChI=1S/2C48H32N2S2/c1-4-14-33(15-5-1)39-20-10-12-22-44(39)50(37-26-29-46-42(31-37)40-21-11-13-23-45(40)51-46)38-24-27-41-43-30-36(25-28-47(43)52-48(41)32-38)49(34-16-6-2-7-17-34)35-18-8-3-9-19-35;1-4-12-33(13-5-1)34-20-22-37(23-21-34)50(39-26-28-46-43(31-39)41-18-10-11-19-45(41)51-46)40-24-27-42-44-30-38(25-29-47(44)52-48(42)32-40)49(35-14-6-2-7-15-35)36-16-8-3-9-17-36/h2*1-32H. The molecule has 104 heavy (non-hydrogen) atoms. The lowest BCUT2D eigenvalue weighted by Gasteiger charge is -2.28. The molecule has 0 fully saturated rings. The van der Waals surface area contributed by atoms with Crippen molar-refractivity contribution in [1.82, 2.24) is 0 Å². The fraction of sp³-hybridized carbons (Fsp3) is 0. The van der Waals surface area contributed by atoms with Crippen molar-refractivity contribution >= 4 is 194 Å². The number of nitrogens with zero attached hydrogens (tertiary/aromatic N) is 4. The summed E-state index contributed by atoms with van der Waals surface area (Å²) in [5.41, 5.74) is 18.5. The smallest absolute Gasteiger partial charge is 0.0540 e. The molecule has 0 radical (unpaired) electrons. The molecule has 492 valence electrons. The summed E-state index contributed by atoms with van der Waals surface area (Å²) in [7, 11) is 0. The first-order valence-corrected chi connectivity index (χ1v) is 38.3. The van der Waals surface area contributed by atoms with E-state index in [0.717, 1.165) is 68.2 Å². The number of hydrogen-bond donors (Lipinski definition) is 0. The van der Waals surface area contributed by atoms with Gasteiger partial charge in [0.05, 0.1) is 5.69 Å². The Bertz CT molecular complexity index is 6410. The van der Waals surface area contributed by atoms with Crippen molar-refractivity contribution in [2.24, 2.45) is 0 Å². The average molecular weight is 1400 g/mol. The number of anilines is 12. The van der Waals surface area contributed by atoms with Crippen LogP contribution in [-0.4, -0.2) is 0 Å². The van der Waals surface area contributed by atoms with Crippen molar-refractivity contribution in [3.63, 3.8) is 0 Å². The monoisotopic (exact) mass is 1400 g/mol. The molecule has 0 aliphatic carbocycles. The van der Waals surface area contributed by atoms with Gasteiger partial charge in [-0.3, -0.25) is 0 Å². The van der Waals surface area contributed by atoms with E-state index in [1.807, 2.05) is 45.3 Å². The molecule has 0 amide bonds. The van der Waals surface area contributed by atoms with E-state index in [2.05, 4.69) is 408 Å². The third kappa shape index (κ3) is 11.8. The Morgan fingerprint density at radius 3 is 0.827 bits per heavy atom. The van der Waals surface area contributed by atoms with Crippen molar-refractivity contribution in [1.29, 1.82) is 0 Å². The average Bonchev–Trinajstić information content (AvgIpc) is 1.61. The highest BCUT2D eigenvalue weighted by Gasteiger charge is 2.23. The summed E-state index contributed by atoms with van der Waals surface area (Å²) in [4.78, 5) is 9.52. The molecule has 0 atom stereocenters. The lowest BCUT2D eigenvalue weighted by Crippen LogP contribution is -2.11. The van der Waals surface area contributed by atoms with Gasteiger partial charge in [0.25, 0.3) is 0 Å². The number of hydrogen-bond acceptors (Lipinski definition) is 8. The van der Waals surface area contributed by atoms with Crippen LogP contribution in [0.1, 0.15) is 0 Å². The zero-order valence-corrected chi connectivity index (χ0v) is 59.6. The van der Waals surface area contributed by atoms with Crippen molar-refractivity contribution in [2.75, 3.05) is 19.6 Å². The highest BCUT2D eigenvalue weighted by molar-refractivity contribution is 7.27. The summed E-state index contributed by atoms with van der Waals surface area (Å²) < 4.78 is 10.3. The normalized spacial score (nSPS) is 11.5. The van der Waals surface area contributed by atoms with Crippen LogP contribution >= 0.6 is 45.3 Å². The van der Waals surface area contributed by atoms with E-state index in [-0.39, 0.29) is 0 Å². The first-order valence-electron chi connectivity index (χ1n) is 35.0. The number of benzene rings is 16. The van der Waals surface area contributed by atoms with E-state index in [0.29, 0.717) is 0 Å². The van der Waals surface area contributed by atoms with Gasteiger partial charge in [-0.15, -0.1) is 45.3 Å². The van der Waals surface area contributed by atoms with Crippen LogP contribution in [0.3, 0.4) is 0 Å². The number of para-hydroxylation sites is 5. The second-order valence-corrected chi connectivity index (χ2v) is 30.3. The molecule has 8 heteroatoms. The summed E-state index contributed by atoms with van der Waals surface area (Å²) in [6, 6.07) is 141. The van der Waals surface area contributed by atoms with Crippen molar-refractivity contribution in [3.8, 4) is 22.3 Å². The first-order chi connectivity index (χ1) is 51.5. The Hall–Kier alpha value is -12.4. The molecule has 0 spiro atoms. The molecule has 0 saturated carbocycles. The maximum absolute atomic E-state index is 2.44. The fourth-order valence-electron chi connectivity index (χ4n) is 14.8. The molecule has 20 rings (SSSR count). The van der Waals surface area contributed by atoms with Crippen molar-refractivity contribution in [2.45, 2.75) is 0 Å². The molecule has 16 aromatic carbocycles. The largest absolute Gasteiger partial charge is 0.310 e. The van der Waals surface area contributed by atoms with Crippen molar-refractivity contribution < 1.29 is 0 Å². The van der Waals surface area contributed by atoms with Gasteiger partial charge < -0.3 is 19.6 Å². The van der Waals surface area contributed by atoms with Gasteiger partial charge in [-0.25, -0.2) is 0 Å². The quantitative estimate of drug-likeness (QED) is 0.108. The second-order valence-electron chi connectivity index (χ2n) is 26.0. The molecule has 0 aliphatic rings. The maximum Gasteiger partial charge on any atom is 0.0540 e. The molecule has 0 aliphatic heterocycles. The zero-order chi connectivity index (χ0) is 68.9. The minimum absolute atomic E-state index is 1.13. The summed E-state index contributed by atoms with van der Waals surface area (Å²) in [5, 5.41) is 10.3. The maximum atomic E-state index is 2.44. The van der Waals surface area contributed by atoms with Gasteiger partial charge in [0, 0.05) is 149 Å². The van der Waals surface area contributed by atoms with E-state index in [1.165, 1.54) is 103 Å². The van der Waals surface area contributed by atoms with Crippen LogP contribution in [0.25, 0.3) is 103 Å². The van der Waals surface area contributed by atoms with Gasteiger partial charge >= 0.3 is 0 Å². The Kier molecular flexibility index (Phi) is 16.4. The Balaban J connectivity index is 0.000000143. The van der Waals surface area contributed by atoms with Crippen LogP contribution in [0, 0.1) is 0 Å².